The molecule has 0 unspecified atom stereocenters. The highest BCUT2D eigenvalue weighted by molar-refractivity contribution is 5.94. The fourth-order valence-corrected chi connectivity index (χ4v) is 1.81. The van der Waals surface area contributed by atoms with Crippen molar-refractivity contribution in [3.63, 3.8) is 0 Å². The lowest BCUT2D eigenvalue weighted by molar-refractivity contribution is 0.0911. The molecule has 0 aliphatic carbocycles. The maximum atomic E-state index is 12.0. The van der Waals surface area contributed by atoms with E-state index in [-0.39, 0.29) is 17.9 Å². The van der Waals surface area contributed by atoms with Crippen LogP contribution in [0.3, 0.4) is 0 Å². The van der Waals surface area contributed by atoms with E-state index in [0.717, 1.165) is 17.7 Å². The second-order valence-corrected chi connectivity index (χ2v) is 5.43. The molecule has 2 rings (SSSR count). The van der Waals surface area contributed by atoms with Crippen LogP contribution < -0.4 is 10.1 Å². The molecule has 0 radical (unpaired) electrons. The maximum absolute atomic E-state index is 12.0. The van der Waals surface area contributed by atoms with Crippen molar-refractivity contribution in [2.75, 3.05) is 19.8 Å². The number of hydrogen-bond acceptors (Lipinski definition) is 3. The van der Waals surface area contributed by atoms with E-state index in [9.17, 15) is 4.79 Å². The summed E-state index contributed by atoms with van der Waals surface area (Å²) in [6.07, 6.45) is 0.860. The number of nitrogens with one attached hydrogen (secondary N) is 1. The number of aliphatic hydroxyl groups excluding tert-OH is 1. The molecule has 0 aromatic heterocycles. The van der Waals surface area contributed by atoms with E-state index in [4.69, 9.17) is 9.84 Å². The summed E-state index contributed by atoms with van der Waals surface area (Å²) >= 11 is 0. The quantitative estimate of drug-likeness (QED) is 0.847. The maximum Gasteiger partial charge on any atom is 0.251 e. The molecule has 0 fully saturated rings. The van der Waals surface area contributed by atoms with Crippen molar-refractivity contribution in [2.24, 2.45) is 5.41 Å². The Kier molecular flexibility index (Phi) is 3.57. The normalized spacial score (nSPS) is 13.9. The number of rotatable bonds is 4. The minimum Gasteiger partial charge on any atom is -0.493 e. The van der Waals surface area contributed by atoms with E-state index < -0.39 is 0 Å². The van der Waals surface area contributed by atoms with Crippen molar-refractivity contribution < 1.29 is 14.6 Å². The number of aliphatic hydroxyl groups is 1. The van der Waals surface area contributed by atoms with Crippen LogP contribution in [0.2, 0.25) is 0 Å². The first-order chi connectivity index (χ1) is 8.52. The van der Waals surface area contributed by atoms with Gasteiger partial charge in [-0.2, -0.15) is 0 Å². The molecule has 1 heterocycles. The molecule has 4 nitrogen and oxygen atoms in total. The lowest BCUT2D eigenvalue weighted by atomic mass is 9.95. The Hall–Kier alpha value is -1.55. The Balaban J connectivity index is 2.01. The number of fused-ring (bicyclic) bond motifs is 1. The van der Waals surface area contributed by atoms with Gasteiger partial charge in [0, 0.05) is 30.6 Å². The van der Waals surface area contributed by atoms with Crippen molar-refractivity contribution in [1.82, 2.24) is 5.32 Å². The lowest BCUT2D eigenvalue weighted by Crippen LogP contribution is -2.36. The van der Waals surface area contributed by atoms with Crippen LogP contribution in [0.4, 0.5) is 0 Å². The molecule has 0 saturated carbocycles. The number of amides is 1. The molecule has 4 heteroatoms. The molecular weight excluding hydrogens is 230 g/mol. The molecule has 1 aromatic rings. The highest BCUT2D eigenvalue weighted by Crippen LogP contribution is 2.25. The number of carbonyl (C=O) groups is 1. The van der Waals surface area contributed by atoms with Crippen molar-refractivity contribution in [3.8, 4) is 5.75 Å². The number of benzene rings is 1. The first kappa shape index (κ1) is 12.9. The van der Waals surface area contributed by atoms with Crippen molar-refractivity contribution in [1.29, 1.82) is 0 Å². The first-order valence-corrected chi connectivity index (χ1v) is 6.17. The fraction of sp³-hybridized carbons (Fsp3) is 0.500. The van der Waals surface area contributed by atoms with E-state index in [0.29, 0.717) is 18.7 Å². The number of carbonyl (C=O) groups excluding carboxylic acids is 1. The van der Waals surface area contributed by atoms with Gasteiger partial charge in [0.05, 0.1) is 6.61 Å². The van der Waals surface area contributed by atoms with Gasteiger partial charge in [-0.1, -0.05) is 13.8 Å². The molecule has 0 atom stereocenters. The van der Waals surface area contributed by atoms with Crippen LogP contribution >= 0.6 is 0 Å². The zero-order valence-electron chi connectivity index (χ0n) is 10.8. The Labute approximate surface area is 107 Å². The SMILES string of the molecule is CC(C)(CO)CNC(=O)c1ccc2c(c1)CCO2. The Morgan fingerprint density at radius 2 is 2.28 bits per heavy atom. The minimum atomic E-state index is -0.296. The van der Waals surface area contributed by atoms with E-state index in [1.807, 2.05) is 26.0 Å². The molecule has 1 aromatic carbocycles. The van der Waals surface area contributed by atoms with Crippen LogP contribution in [0.15, 0.2) is 18.2 Å². The molecule has 1 amide bonds. The molecule has 1 aliphatic heterocycles. The van der Waals surface area contributed by atoms with Crippen molar-refractivity contribution in [2.45, 2.75) is 20.3 Å². The third-order valence-electron chi connectivity index (χ3n) is 3.11. The summed E-state index contributed by atoms with van der Waals surface area (Å²) in [6, 6.07) is 5.49. The number of ether oxygens (including phenoxy) is 1. The highest BCUT2D eigenvalue weighted by atomic mass is 16.5. The van der Waals surface area contributed by atoms with Crippen LogP contribution in [0, 0.1) is 5.41 Å². The zero-order valence-corrected chi connectivity index (χ0v) is 10.8. The van der Waals surface area contributed by atoms with Gasteiger partial charge in [-0.05, 0) is 23.8 Å². The van der Waals surface area contributed by atoms with E-state index in [1.54, 1.807) is 6.07 Å². The topological polar surface area (TPSA) is 58.6 Å². The summed E-state index contributed by atoms with van der Waals surface area (Å²) in [7, 11) is 0. The molecule has 2 N–H and O–H groups in total. The number of hydrogen-bond donors (Lipinski definition) is 2. The second-order valence-electron chi connectivity index (χ2n) is 5.43. The average molecular weight is 249 g/mol. The molecule has 0 saturated heterocycles. The lowest BCUT2D eigenvalue weighted by Gasteiger charge is -2.21. The molecule has 0 bridgehead atoms. The van der Waals surface area contributed by atoms with Crippen LogP contribution in [0.5, 0.6) is 5.75 Å². The van der Waals surface area contributed by atoms with Gasteiger partial charge in [-0.15, -0.1) is 0 Å². The van der Waals surface area contributed by atoms with Gasteiger partial charge < -0.3 is 15.2 Å². The van der Waals surface area contributed by atoms with E-state index >= 15 is 0 Å². The molecule has 18 heavy (non-hydrogen) atoms. The summed E-state index contributed by atoms with van der Waals surface area (Å²) in [5.74, 6) is 0.772. The Morgan fingerprint density at radius 1 is 1.50 bits per heavy atom. The van der Waals surface area contributed by atoms with Crippen molar-refractivity contribution >= 4 is 5.91 Å². The summed E-state index contributed by atoms with van der Waals surface area (Å²) < 4.78 is 5.40. The Bertz CT molecular complexity index is 454. The predicted molar refractivity (Wildman–Crippen MR) is 68.8 cm³/mol. The monoisotopic (exact) mass is 249 g/mol. The summed E-state index contributed by atoms with van der Waals surface area (Å²) in [5.41, 5.74) is 1.44. The minimum absolute atomic E-state index is 0.0469. The third kappa shape index (κ3) is 2.82. The molecule has 98 valence electrons. The van der Waals surface area contributed by atoms with Crippen LogP contribution in [-0.2, 0) is 6.42 Å². The second kappa shape index (κ2) is 4.98. The summed E-state index contributed by atoms with van der Waals surface area (Å²) in [5, 5.41) is 12.0. The zero-order chi connectivity index (χ0) is 13.2. The predicted octanol–water partition coefficient (Wildman–Crippen LogP) is 1.37. The van der Waals surface area contributed by atoms with Gasteiger partial charge in [0.25, 0.3) is 5.91 Å². The Morgan fingerprint density at radius 3 is 3.00 bits per heavy atom. The summed E-state index contributed by atoms with van der Waals surface area (Å²) in [6.45, 7) is 5.01. The van der Waals surface area contributed by atoms with E-state index in [2.05, 4.69) is 5.32 Å². The first-order valence-electron chi connectivity index (χ1n) is 6.17. The fourth-order valence-electron chi connectivity index (χ4n) is 1.81. The highest BCUT2D eigenvalue weighted by Gasteiger charge is 2.19. The van der Waals surface area contributed by atoms with Crippen LogP contribution in [-0.4, -0.2) is 30.8 Å². The van der Waals surface area contributed by atoms with Gasteiger partial charge in [-0.3, -0.25) is 4.79 Å². The van der Waals surface area contributed by atoms with Gasteiger partial charge in [-0.25, -0.2) is 0 Å². The largest absolute Gasteiger partial charge is 0.493 e. The third-order valence-corrected chi connectivity index (χ3v) is 3.11. The van der Waals surface area contributed by atoms with Gasteiger partial charge in [0.15, 0.2) is 0 Å². The molecule has 0 spiro atoms. The molecular formula is C14H19NO3. The van der Waals surface area contributed by atoms with Gasteiger partial charge >= 0.3 is 0 Å². The standard InChI is InChI=1S/C14H19NO3/c1-14(2,9-16)8-15-13(17)11-3-4-12-10(7-11)5-6-18-12/h3-4,7,16H,5-6,8-9H2,1-2H3,(H,15,17). The average Bonchev–Trinajstić information content (AvgIpc) is 2.83. The van der Waals surface area contributed by atoms with E-state index in [1.165, 1.54) is 0 Å². The van der Waals surface area contributed by atoms with Crippen molar-refractivity contribution in [3.05, 3.63) is 29.3 Å². The van der Waals surface area contributed by atoms with Crippen LogP contribution in [0.25, 0.3) is 0 Å². The van der Waals surface area contributed by atoms with Gasteiger partial charge in [0.2, 0.25) is 0 Å². The van der Waals surface area contributed by atoms with Crippen LogP contribution in [0.1, 0.15) is 29.8 Å². The molecule has 1 aliphatic rings. The smallest absolute Gasteiger partial charge is 0.251 e. The van der Waals surface area contributed by atoms with Gasteiger partial charge in [0.1, 0.15) is 5.75 Å². The summed E-state index contributed by atoms with van der Waals surface area (Å²) in [4.78, 5) is 12.0.